The highest BCUT2D eigenvalue weighted by molar-refractivity contribution is 8.00. The zero-order valence-electron chi connectivity index (χ0n) is 7.41. The number of hydrogen-bond acceptors (Lipinski definition) is 2. The Morgan fingerprint density at radius 1 is 1.29 bits per heavy atom. The van der Waals surface area contributed by atoms with Crippen molar-refractivity contribution in [3.05, 3.63) is 45.3 Å². The molecule has 74 valence electrons. The van der Waals surface area contributed by atoms with E-state index in [1.54, 1.807) is 11.9 Å². The Bertz CT molecular complexity index is 357. The molecule has 0 aromatic heterocycles. The number of nitrogens with zero attached hydrogens (tertiary/aromatic N) is 1. The van der Waals surface area contributed by atoms with Crippen LogP contribution < -0.4 is 0 Å². The van der Waals surface area contributed by atoms with Crippen molar-refractivity contribution < 1.29 is 0 Å². The molecule has 0 fully saturated rings. The van der Waals surface area contributed by atoms with Crippen LogP contribution in [0.3, 0.4) is 0 Å². The minimum atomic E-state index is 0.614. The molecule has 0 unspecified atom stereocenters. The van der Waals surface area contributed by atoms with E-state index in [9.17, 15) is 0 Å². The monoisotopic (exact) mass is 245 g/mol. The normalized spacial score (nSPS) is 16.4. The molecule has 0 saturated carbocycles. The molecule has 0 amide bonds. The fourth-order valence-electron chi connectivity index (χ4n) is 1.28. The van der Waals surface area contributed by atoms with Gasteiger partial charge in [0.15, 0.2) is 0 Å². The topological polar surface area (TPSA) is 3.24 Å². The van der Waals surface area contributed by atoms with Gasteiger partial charge in [-0.15, -0.1) is 0 Å². The van der Waals surface area contributed by atoms with Crippen molar-refractivity contribution in [1.82, 2.24) is 4.31 Å². The summed E-state index contributed by atoms with van der Waals surface area (Å²) in [6, 6.07) is 5.77. The van der Waals surface area contributed by atoms with Crippen LogP contribution >= 0.6 is 35.1 Å². The lowest BCUT2D eigenvalue weighted by Gasteiger charge is -2.13. The molecule has 0 bridgehead atoms. The van der Waals surface area contributed by atoms with E-state index in [1.165, 1.54) is 5.56 Å². The SMILES string of the molecule is Clc1ccc(CN2CC=CS2)cc1Cl. The Balaban J connectivity index is 2.06. The minimum absolute atomic E-state index is 0.614. The van der Waals surface area contributed by atoms with Crippen LogP contribution in [0.25, 0.3) is 0 Å². The lowest BCUT2D eigenvalue weighted by atomic mass is 10.2. The first-order valence-corrected chi connectivity index (χ1v) is 5.85. The van der Waals surface area contributed by atoms with Crippen LogP contribution in [-0.2, 0) is 6.54 Å². The van der Waals surface area contributed by atoms with Crippen LogP contribution in [0, 0.1) is 0 Å². The van der Waals surface area contributed by atoms with E-state index in [1.807, 2.05) is 18.2 Å². The zero-order chi connectivity index (χ0) is 9.97. The van der Waals surface area contributed by atoms with E-state index >= 15 is 0 Å². The predicted octanol–water partition coefficient (Wildman–Crippen LogP) is 3.97. The summed E-state index contributed by atoms with van der Waals surface area (Å²) in [5, 5.41) is 3.33. The summed E-state index contributed by atoms with van der Waals surface area (Å²) in [6.07, 6.45) is 2.14. The van der Waals surface area contributed by atoms with Gasteiger partial charge in [0.25, 0.3) is 0 Å². The van der Waals surface area contributed by atoms with Gasteiger partial charge in [-0.25, -0.2) is 4.31 Å². The fourth-order valence-corrected chi connectivity index (χ4v) is 2.34. The Morgan fingerprint density at radius 2 is 2.14 bits per heavy atom. The maximum absolute atomic E-state index is 5.93. The minimum Gasteiger partial charge on any atom is -0.239 e. The number of halogens is 2. The smallest absolute Gasteiger partial charge is 0.0595 e. The van der Waals surface area contributed by atoms with E-state index in [0.29, 0.717) is 10.0 Å². The maximum atomic E-state index is 5.93. The molecule has 0 N–H and O–H groups in total. The van der Waals surface area contributed by atoms with Crippen molar-refractivity contribution in [3.63, 3.8) is 0 Å². The molecule has 14 heavy (non-hydrogen) atoms. The van der Waals surface area contributed by atoms with E-state index in [-0.39, 0.29) is 0 Å². The van der Waals surface area contributed by atoms with Gasteiger partial charge in [0.2, 0.25) is 0 Å². The van der Waals surface area contributed by atoms with E-state index < -0.39 is 0 Å². The van der Waals surface area contributed by atoms with Gasteiger partial charge < -0.3 is 0 Å². The maximum Gasteiger partial charge on any atom is 0.0595 e. The van der Waals surface area contributed by atoms with Crippen LogP contribution in [0.2, 0.25) is 10.0 Å². The summed E-state index contributed by atoms with van der Waals surface area (Å²) in [5.41, 5.74) is 1.19. The second-order valence-corrected chi connectivity index (χ2v) is 4.86. The first-order chi connectivity index (χ1) is 6.75. The highest BCUT2D eigenvalue weighted by Crippen LogP contribution is 2.26. The molecule has 0 saturated heterocycles. The largest absolute Gasteiger partial charge is 0.239 e. The first kappa shape index (κ1) is 10.4. The molecule has 4 heteroatoms. The average Bonchev–Trinajstić information content (AvgIpc) is 2.64. The molecule has 1 aromatic rings. The molecule has 0 radical (unpaired) electrons. The van der Waals surface area contributed by atoms with Gasteiger partial charge in [-0.05, 0) is 35.1 Å². The van der Waals surface area contributed by atoms with Crippen molar-refractivity contribution in [2.24, 2.45) is 0 Å². The van der Waals surface area contributed by atoms with Crippen molar-refractivity contribution in [2.45, 2.75) is 6.54 Å². The molecule has 1 heterocycles. The summed E-state index contributed by atoms with van der Waals surface area (Å²) in [6.45, 7) is 1.89. The van der Waals surface area contributed by atoms with Gasteiger partial charge in [0, 0.05) is 13.1 Å². The number of rotatable bonds is 2. The molecular weight excluding hydrogens is 237 g/mol. The molecule has 0 spiro atoms. The lowest BCUT2D eigenvalue weighted by molar-refractivity contribution is 0.527. The van der Waals surface area contributed by atoms with Crippen LogP contribution in [0.4, 0.5) is 0 Å². The molecule has 0 atom stereocenters. The Labute approximate surface area is 97.8 Å². The number of benzene rings is 1. The molecule has 2 rings (SSSR count). The second-order valence-electron chi connectivity index (χ2n) is 3.05. The standard InChI is InChI=1S/C10H9Cl2NS/c11-9-3-2-8(6-10(9)12)7-13-4-1-5-14-13/h1-3,5-6H,4,7H2. The van der Waals surface area contributed by atoms with Crippen molar-refractivity contribution in [3.8, 4) is 0 Å². The summed E-state index contributed by atoms with van der Waals surface area (Å²) in [4.78, 5) is 0. The van der Waals surface area contributed by atoms with E-state index in [4.69, 9.17) is 23.2 Å². The van der Waals surface area contributed by atoms with E-state index in [0.717, 1.165) is 13.1 Å². The van der Waals surface area contributed by atoms with Gasteiger partial charge in [0.1, 0.15) is 0 Å². The third kappa shape index (κ3) is 2.45. The van der Waals surface area contributed by atoms with Gasteiger partial charge in [-0.1, -0.05) is 35.3 Å². The Kier molecular flexibility index (Phi) is 3.39. The molecular formula is C10H9Cl2NS. The highest BCUT2D eigenvalue weighted by atomic mass is 35.5. The summed E-state index contributed by atoms with van der Waals surface area (Å²) >= 11 is 13.5. The van der Waals surface area contributed by atoms with Crippen LogP contribution in [-0.4, -0.2) is 10.8 Å². The van der Waals surface area contributed by atoms with Crippen molar-refractivity contribution in [2.75, 3.05) is 6.54 Å². The molecule has 1 aliphatic rings. The van der Waals surface area contributed by atoms with Crippen LogP contribution in [0.15, 0.2) is 29.7 Å². The Morgan fingerprint density at radius 3 is 2.79 bits per heavy atom. The van der Waals surface area contributed by atoms with Gasteiger partial charge in [-0.2, -0.15) is 0 Å². The fraction of sp³-hybridized carbons (Fsp3) is 0.200. The highest BCUT2D eigenvalue weighted by Gasteiger charge is 2.08. The van der Waals surface area contributed by atoms with Gasteiger partial charge in [0.05, 0.1) is 10.0 Å². The average molecular weight is 246 g/mol. The number of hydrogen-bond donors (Lipinski definition) is 0. The zero-order valence-corrected chi connectivity index (χ0v) is 9.74. The molecule has 1 aliphatic heterocycles. The summed E-state index contributed by atoms with van der Waals surface area (Å²) in [7, 11) is 0. The van der Waals surface area contributed by atoms with Crippen molar-refractivity contribution >= 4 is 35.1 Å². The third-order valence-corrected chi connectivity index (χ3v) is 3.59. The van der Waals surface area contributed by atoms with Crippen LogP contribution in [0.1, 0.15) is 5.56 Å². The van der Waals surface area contributed by atoms with E-state index in [2.05, 4.69) is 15.8 Å². The lowest BCUT2D eigenvalue weighted by Crippen LogP contribution is -2.10. The Hall–Kier alpha value is -0.150. The van der Waals surface area contributed by atoms with Crippen LogP contribution in [0.5, 0.6) is 0 Å². The quantitative estimate of drug-likeness (QED) is 0.726. The first-order valence-electron chi connectivity index (χ1n) is 4.26. The second kappa shape index (κ2) is 4.58. The molecule has 1 aromatic carbocycles. The molecule has 1 nitrogen and oxygen atoms in total. The third-order valence-electron chi connectivity index (χ3n) is 1.96. The van der Waals surface area contributed by atoms with Gasteiger partial charge in [-0.3, -0.25) is 0 Å². The summed E-state index contributed by atoms with van der Waals surface area (Å²) < 4.78 is 2.25. The van der Waals surface area contributed by atoms with Crippen molar-refractivity contribution in [1.29, 1.82) is 0 Å². The summed E-state index contributed by atoms with van der Waals surface area (Å²) in [5.74, 6) is 0. The predicted molar refractivity (Wildman–Crippen MR) is 63.6 cm³/mol. The molecule has 0 aliphatic carbocycles. The van der Waals surface area contributed by atoms with Gasteiger partial charge >= 0.3 is 0 Å².